The molecule has 1 heterocycles. The van der Waals surface area contributed by atoms with Gasteiger partial charge in [-0.25, -0.2) is 9.97 Å². The van der Waals surface area contributed by atoms with E-state index in [2.05, 4.69) is 15.3 Å². The first-order chi connectivity index (χ1) is 6.58. The Morgan fingerprint density at radius 2 is 2.21 bits per heavy atom. The Kier molecular flexibility index (Phi) is 3.76. The minimum atomic E-state index is -0.563. The number of anilines is 1. The Hall–Kier alpha value is -1.23. The molecule has 0 aliphatic heterocycles. The lowest BCUT2D eigenvalue weighted by Gasteiger charge is -2.15. The van der Waals surface area contributed by atoms with Crippen molar-refractivity contribution < 1.29 is 9.50 Å². The fourth-order valence-electron chi connectivity index (χ4n) is 1.24. The van der Waals surface area contributed by atoms with Crippen molar-refractivity contribution in [3.63, 3.8) is 0 Å². The summed E-state index contributed by atoms with van der Waals surface area (Å²) in [6.45, 7) is 3.60. The lowest BCUT2D eigenvalue weighted by molar-refractivity contribution is 0.179. The molecule has 0 aromatic carbocycles. The maximum absolute atomic E-state index is 12.6. The normalized spacial score (nSPS) is 14.9. The number of aromatic nitrogens is 2. The van der Waals surface area contributed by atoms with Crippen LogP contribution in [0.2, 0.25) is 0 Å². The molecule has 1 aromatic rings. The summed E-state index contributed by atoms with van der Waals surface area (Å²) < 4.78 is 12.6. The highest BCUT2D eigenvalue weighted by Gasteiger charge is 2.06. The van der Waals surface area contributed by atoms with Gasteiger partial charge in [-0.1, -0.05) is 0 Å². The molecule has 0 amide bonds. The molecule has 0 saturated heterocycles. The molecule has 2 N–H and O–H groups in total. The van der Waals surface area contributed by atoms with Crippen molar-refractivity contribution in [3.05, 3.63) is 18.3 Å². The van der Waals surface area contributed by atoms with Crippen LogP contribution in [0, 0.1) is 5.95 Å². The fourth-order valence-corrected chi connectivity index (χ4v) is 1.24. The SMILES string of the molecule is CC(O)CC(C)Nc1cc(F)ncn1. The van der Waals surface area contributed by atoms with Gasteiger partial charge in [0, 0.05) is 12.1 Å². The fraction of sp³-hybridized carbons (Fsp3) is 0.556. The minimum absolute atomic E-state index is 0.0456. The standard InChI is InChI=1S/C9H14FN3O/c1-6(3-7(2)14)13-9-4-8(10)11-5-12-9/h4-7,14H,3H2,1-2H3,(H,11,12,13). The van der Waals surface area contributed by atoms with Gasteiger partial charge in [-0.3, -0.25) is 0 Å². The van der Waals surface area contributed by atoms with Crippen LogP contribution in [-0.4, -0.2) is 27.2 Å². The van der Waals surface area contributed by atoms with Crippen LogP contribution >= 0.6 is 0 Å². The second-order valence-electron chi connectivity index (χ2n) is 3.36. The lowest BCUT2D eigenvalue weighted by atomic mass is 10.1. The first-order valence-corrected chi connectivity index (χ1v) is 4.50. The molecule has 0 fully saturated rings. The largest absolute Gasteiger partial charge is 0.393 e. The molecule has 14 heavy (non-hydrogen) atoms. The average molecular weight is 199 g/mol. The van der Waals surface area contributed by atoms with E-state index in [0.29, 0.717) is 12.2 Å². The van der Waals surface area contributed by atoms with Crippen LogP contribution < -0.4 is 5.32 Å². The summed E-state index contributed by atoms with van der Waals surface area (Å²) in [5.74, 6) is -0.127. The van der Waals surface area contributed by atoms with E-state index in [0.717, 1.165) is 6.33 Å². The molecule has 1 aromatic heterocycles. The topological polar surface area (TPSA) is 58.0 Å². The first kappa shape index (κ1) is 10.8. The Balaban J connectivity index is 2.51. The molecule has 78 valence electrons. The van der Waals surface area contributed by atoms with Crippen LogP contribution in [0.15, 0.2) is 12.4 Å². The number of halogens is 1. The summed E-state index contributed by atoms with van der Waals surface area (Å²) in [6.07, 6.45) is 1.36. The highest BCUT2D eigenvalue weighted by molar-refractivity contribution is 5.33. The van der Waals surface area contributed by atoms with Crippen molar-refractivity contribution in [1.82, 2.24) is 9.97 Å². The highest BCUT2D eigenvalue weighted by atomic mass is 19.1. The molecule has 0 aliphatic rings. The monoisotopic (exact) mass is 199 g/mol. The van der Waals surface area contributed by atoms with Gasteiger partial charge in [0.2, 0.25) is 5.95 Å². The number of hydrogen-bond donors (Lipinski definition) is 2. The summed E-state index contributed by atoms with van der Waals surface area (Å²) in [4.78, 5) is 7.18. The Bertz CT molecular complexity index is 293. The second-order valence-corrected chi connectivity index (χ2v) is 3.36. The van der Waals surface area contributed by atoms with Crippen molar-refractivity contribution in [2.45, 2.75) is 32.4 Å². The molecule has 0 spiro atoms. The molecule has 2 atom stereocenters. The van der Waals surface area contributed by atoms with E-state index in [9.17, 15) is 4.39 Å². The maximum atomic E-state index is 12.6. The van der Waals surface area contributed by atoms with E-state index in [1.54, 1.807) is 6.92 Å². The Labute approximate surface area is 82.2 Å². The second kappa shape index (κ2) is 4.85. The van der Waals surface area contributed by atoms with Gasteiger partial charge in [0.25, 0.3) is 0 Å². The third-order valence-corrected chi connectivity index (χ3v) is 1.72. The molecule has 2 unspecified atom stereocenters. The zero-order valence-corrected chi connectivity index (χ0v) is 8.24. The van der Waals surface area contributed by atoms with Gasteiger partial charge in [0.1, 0.15) is 12.1 Å². The summed E-state index contributed by atoms with van der Waals surface area (Å²) in [5.41, 5.74) is 0. The van der Waals surface area contributed by atoms with Gasteiger partial charge in [-0.2, -0.15) is 4.39 Å². The van der Waals surface area contributed by atoms with Crippen LogP contribution in [0.4, 0.5) is 10.2 Å². The number of aliphatic hydroxyl groups excluding tert-OH is 1. The van der Waals surface area contributed by atoms with Gasteiger partial charge < -0.3 is 10.4 Å². The number of hydrogen-bond acceptors (Lipinski definition) is 4. The molecular formula is C9H14FN3O. The van der Waals surface area contributed by atoms with E-state index in [1.165, 1.54) is 6.07 Å². The molecule has 0 aliphatic carbocycles. The van der Waals surface area contributed by atoms with Crippen molar-refractivity contribution in [2.24, 2.45) is 0 Å². The summed E-state index contributed by atoms with van der Waals surface area (Å²) >= 11 is 0. The van der Waals surface area contributed by atoms with Crippen molar-refractivity contribution >= 4 is 5.82 Å². The van der Waals surface area contributed by atoms with E-state index in [1.807, 2.05) is 6.92 Å². The van der Waals surface area contributed by atoms with Gasteiger partial charge in [-0.05, 0) is 20.3 Å². The lowest BCUT2D eigenvalue weighted by Crippen LogP contribution is -2.21. The predicted octanol–water partition coefficient (Wildman–Crippen LogP) is 1.19. The third-order valence-electron chi connectivity index (χ3n) is 1.72. The third kappa shape index (κ3) is 3.66. The molecule has 4 nitrogen and oxygen atoms in total. The molecule has 5 heteroatoms. The van der Waals surface area contributed by atoms with E-state index in [4.69, 9.17) is 5.11 Å². The predicted molar refractivity (Wildman–Crippen MR) is 51.4 cm³/mol. The van der Waals surface area contributed by atoms with Gasteiger partial charge in [-0.15, -0.1) is 0 Å². The number of rotatable bonds is 4. The van der Waals surface area contributed by atoms with Crippen molar-refractivity contribution in [2.75, 3.05) is 5.32 Å². The van der Waals surface area contributed by atoms with Crippen molar-refractivity contribution in [1.29, 1.82) is 0 Å². The molecule has 0 bridgehead atoms. The van der Waals surface area contributed by atoms with Crippen LogP contribution in [0.25, 0.3) is 0 Å². The van der Waals surface area contributed by atoms with Crippen molar-refractivity contribution in [3.8, 4) is 0 Å². The summed E-state index contributed by atoms with van der Waals surface area (Å²) in [5, 5.41) is 12.1. The Morgan fingerprint density at radius 3 is 2.79 bits per heavy atom. The summed E-state index contributed by atoms with van der Waals surface area (Å²) in [7, 11) is 0. The van der Waals surface area contributed by atoms with E-state index >= 15 is 0 Å². The molecule has 0 saturated carbocycles. The van der Waals surface area contributed by atoms with Crippen LogP contribution in [0.5, 0.6) is 0 Å². The molecule has 1 rings (SSSR count). The maximum Gasteiger partial charge on any atom is 0.217 e. The first-order valence-electron chi connectivity index (χ1n) is 4.50. The van der Waals surface area contributed by atoms with Crippen LogP contribution in [0.3, 0.4) is 0 Å². The minimum Gasteiger partial charge on any atom is -0.393 e. The average Bonchev–Trinajstić information content (AvgIpc) is 2.01. The molecule has 0 radical (unpaired) electrons. The smallest absolute Gasteiger partial charge is 0.217 e. The number of nitrogens with one attached hydrogen (secondary N) is 1. The number of aliphatic hydroxyl groups is 1. The van der Waals surface area contributed by atoms with Gasteiger partial charge in [0.05, 0.1) is 6.10 Å². The van der Waals surface area contributed by atoms with Crippen LogP contribution in [0.1, 0.15) is 20.3 Å². The quantitative estimate of drug-likeness (QED) is 0.715. The zero-order valence-electron chi connectivity index (χ0n) is 8.24. The zero-order chi connectivity index (χ0) is 10.6. The summed E-state index contributed by atoms with van der Waals surface area (Å²) in [6, 6.07) is 1.27. The Morgan fingerprint density at radius 1 is 1.50 bits per heavy atom. The highest BCUT2D eigenvalue weighted by Crippen LogP contribution is 2.07. The van der Waals surface area contributed by atoms with Gasteiger partial charge in [0.15, 0.2) is 0 Å². The van der Waals surface area contributed by atoms with Crippen LogP contribution in [-0.2, 0) is 0 Å². The van der Waals surface area contributed by atoms with E-state index in [-0.39, 0.29) is 12.1 Å². The molecular weight excluding hydrogens is 185 g/mol. The number of nitrogens with zero attached hydrogens (tertiary/aromatic N) is 2. The van der Waals surface area contributed by atoms with E-state index < -0.39 is 5.95 Å². The van der Waals surface area contributed by atoms with Gasteiger partial charge >= 0.3 is 0 Å².